The van der Waals surface area contributed by atoms with Gasteiger partial charge in [0.25, 0.3) is 0 Å². The average Bonchev–Trinajstić information content (AvgIpc) is 2.40. The van der Waals surface area contributed by atoms with Crippen molar-refractivity contribution >= 4 is 29.9 Å². The van der Waals surface area contributed by atoms with Crippen LogP contribution in [0.1, 0.15) is 39.5 Å². The van der Waals surface area contributed by atoms with Crippen LogP contribution in [0.4, 0.5) is 0 Å². The van der Waals surface area contributed by atoms with Gasteiger partial charge in [0.05, 0.1) is 0 Å². The highest BCUT2D eigenvalue weighted by Gasteiger charge is 2.13. The van der Waals surface area contributed by atoms with Crippen LogP contribution in [0, 0.1) is 5.92 Å². The Morgan fingerprint density at radius 3 is 2.47 bits per heavy atom. The second-order valence-electron chi connectivity index (χ2n) is 5.35. The first-order valence-electron chi connectivity index (χ1n) is 7.43. The summed E-state index contributed by atoms with van der Waals surface area (Å²) >= 11 is 0. The summed E-state index contributed by atoms with van der Waals surface area (Å²) in [6, 6.07) is 0. The number of hydrogen-bond donors (Lipinski definition) is 2. The molecule has 5 heteroatoms. The van der Waals surface area contributed by atoms with E-state index in [0.717, 1.165) is 25.5 Å². The van der Waals surface area contributed by atoms with Crippen molar-refractivity contribution in [3.63, 3.8) is 0 Å². The first kappa shape index (κ1) is 19.0. The molecule has 1 unspecified atom stereocenters. The number of halogens is 1. The molecule has 0 saturated carbocycles. The first-order chi connectivity index (χ1) is 8.76. The van der Waals surface area contributed by atoms with Gasteiger partial charge < -0.3 is 15.5 Å². The molecule has 114 valence electrons. The third-order valence-corrected chi connectivity index (χ3v) is 3.40. The maximum Gasteiger partial charge on any atom is 0.190 e. The van der Waals surface area contributed by atoms with Gasteiger partial charge in [0.15, 0.2) is 5.96 Å². The van der Waals surface area contributed by atoms with Crippen LogP contribution >= 0.6 is 24.0 Å². The summed E-state index contributed by atoms with van der Waals surface area (Å²) in [5, 5.41) is 6.71. The van der Waals surface area contributed by atoms with E-state index < -0.39 is 0 Å². The van der Waals surface area contributed by atoms with Gasteiger partial charge in [0, 0.05) is 26.7 Å². The van der Waals surface area contributed by atoms with Crippen molar-refractivity contribution in [3.05, 3.63) is 0 Å². The van der Waals surface area contributed by atoms with Crippen LogP contribution in [0.2, 0.25) is 0 Å². The van der Waals surface area contributed by atoms with Gasteiger partial charge in [0.1, 0.15) is 0 Å². The van der Waals surface area contributed by atoms with E-state index in [-0.39, 0.29) is 24.0 Å². The summed E-state index contributed by atoms with van der Waals surface area (Å²) < 4.78 is 0. The maximum atomic E-state index is 4.23. The molecule has 0 aromatic carbocycles. The lowest BCUT2D eigenvalue weighted by Crippen LogP contribution is -2.42. The fraction of sp³-hybridized carbons (Fsp3) is 0.929. The first-order valence-corrected chi connectivity index (χ1v) is 7.43. The highest BCUT2D eigenvalue weighted by Crippen LogP contribution is 2.10. The lowest BCUT2D eigenvalue weighted by molar-refractivity contribution is 0.201. The molecule has 0 aromatic rings. The van der Waals surface area contributed by atoms with Crippen molar-refractivity contribution in [2.75, 3.05) is 39.8 Å². The summed E-state index contributed by atoms with van der Waals surface area (Å²) in [6.45, 7) is 10.2. The topological polar surface area (TPSA) is 39.7 Å². The zero-order valence-electron chi connectivity index (χ0n) is 12.7. The van der Waals surface area contributed by atoms with Crippen LogP contribution in [0.3, 0.4) is 0 Å². The molecule has 0 aliphatic carbocycles. The van der Waals surface area contributed by atoms with Crippen molar-refractivity contribution in [2.24, 2.45) is 10.9 Å². The standard InChI is InChI=1S/C14H30N4.HI/c1-4-8-16-14(15-3)17-11-13(2)12-18-9-6-5-7-10-18;/h13H,4-12H2,1-3H3,(H2,15,16,17);1H. The molecule has 19 heavy (non-hydrogen) atoms. The maximum absolute atomic E-state index is 4.23. The smallest absolute Gasteiger partial charge is 0.190 e. The van der Waals surface area contributed by atoms with Gasteiger partial charge in [-0.1, -0.05) is 20.3 Å². The van der Waals surface area contributed by atoms with Gasteiger partial charge in [0.2, 0.25) is 0 Å². The molecule has 0 spiro atoms. The van der Waals surface area contributed by atoms with E-state index in [4.69, 9.17) is 0 Å². The summed E-state index contributed by atoms with van der Waals surface area (Å²) in [7, 11) is 1.83. The SMILES string of the molecule is CCCNC(=NC)NCC(C)CN1CCCCC1.I. The fourth-order valence-electron chi connectivity index (χ4n) is 2.38. The molecule has 1 rings (SSSR count). The molecule has 1 atom stereocenters. The minimum Gasteiger partial charge on any atom is -0.356 e. The third kappa shape index (κ3) is 8.68. The number of nitrogens with zero attached hydrogens (tertiary/aromatic N) is 2. The van der Waals surface area contributed by atoms with Crippen LogP contribution in [-0.2, 0) is 0 Å². The van der Waals surface area contributed by atoms with Crippen LogP contribution in [-0.4, -0.2) is 50.6 Å². The highest BCUT2D eigenvalue weighted by molar-refractivity contribution is 14.0. The molecule has 0 bridgehead atoms. The van der Waals surface area contributed by atoms with Crippen molar-refractivity contribution in [2.45, 2.75) is 39.5 Å². The number of likely N-dealkylation sites (tertiary alicyclic amines) is 1. The number of rotatable bonds is 6. The second-order valence-corrected chi connectivity index (χ2v) is 5.35. The van der Waals surface area contributed by atoms with Gasteiger partial charge in [-0.25, -0.2) is 0 Å². The molecular weight excluding hydrogens is 351 g/mol. The Hall–Kier alpha value is -0.0400. The molecule has 0 aromatic heterocycles. The predicted octanol–water partition coefficient (Wildman–Crippen LogP) is 2.30. The van der Waals surface area contributed by atoms with E-state index in [0.29, 0.717) is 5.92 Å². The zero-order chi connectivity index (χ0) is 13.2. The number of guanidine groups is 1. The van der Waals surface area contributed by atoms with Crippen molar-refractivity contribution in [1.82, 2.24) is 15.5 Å². The fourth-order valence-corrected chi connectivity index (χ4v) is 2.38. The van der Waals surface area contributed by atoms with Crippen LogP contribution in [0.25, 0.3) is 0 Å². The summed E-state index contributed by atoms with van der Waals surface area (Å²) in [6.07, 6.45) is 5.29. The van der Waals surface area contributed by atoms with Crippen molar-refractivity contribution in [1.29, 1.82) is 0 Å². The highest BCUT2D eigenvalue weighted by atomic mass is 127. The predicted molar refractivity (Wildman–Crippen MR) is 94.5 cm³/mol. The Labute approximate surface area is 135 Å². The third-order valence-electron chi connectivity index (χ3n) is 3.40. The van der Waals surface area contributed by atoms with E-state index in [1.54, 1.807) is 0 Å². The minimum atomic E-state index is 0. The van der Waals surface area contributed by atoms with Crippen molar-refractivity contribution < 1.29 is 0 Å². The summed E-state index contributed by atoms with van der Waals surface area (Å²) in [4.78, 5) is 6.82. The molecule has 0 radical (unpaired) electrons. The Morgan fingerprint density at radius 1 is 1.21 bits per heavy atom. The van der Waals surface area contributed by atoms with Gasteiger partial charge >= 0.3 is 0 Å². The van der Waals surface area contributed by atoms with E-state index in [9.17, 15) is 0 Å². The van der Waals surface area contributed by atoms with Crippen LogP contribution in [0.15, 0.2) is 4.99 Å². The average molecular weight is 382 g/mol. The zero-order valence-corrected chi connectivity index (χ0v) is 15.1. The number of hydrogen-bond acceptors (Lipinski definition) is 2. The molecule has 4 nitrogen and oxygen atoms in total. The molecule has 0 amide bonds. The molecule has 1 heterocycles. The quantitative estimate of drug-likeness (QED) is 0.421. The van der Waals surface area contributed by atoms with E-state index in [2.05, 4.69) is 34.4 Å². The van der Waals surface area contributed by atoms with E-state index >= 15 is 0 Å². The van der Waals surface area contributed by atoms with Crippen LogP contribution in [0.5, 0.6) is 0 Å². The van der Waals surface area contributed by atoms with Gasteiger partial charge in [-0.2, -0.15) is 0 Å². The number of aliphatic imine (C=N–C) groups is 1. The van der Waals surface area contributed by atoms with E-state index in [1.165, 1.54) is 38.9 Å². The molecular formula is C14H31IN4. The van der Waals surface area contributed by atoms with Gasteiger partial charge in [-0.15, -0.1) is 24.0 Å². The largest absolute Gasteiger partial charge is 0.356 e. The summed E-state index contributed by atoms with van der Waals surface area (Å²) in [5.74, 6) is 1.60. The van der Waals surface area contributed by atoms with Crippen molar-refractivity contribution in [3.8, 4) is 0 Å². The molecule has 1 aliphatic rings. The van der Waals surface area contributed by atoms with Gasteiger partial charge in [-0.3, -0.25) is 4.99 Å². The Morgan fingerprint density at radius 2 is 1.89 bits per heavy atom. The molecule has 1 saturated heterocycles. The lowest BCUT2D eigenvalue weighted by Gasteiger charge is -2.29. The lowest BCUT2D eigenvalue weighted by atomic mass is 10.1. The Balaban J connectivity index is 0.00000324. The molecule has 1 aliphatic heterocycles. The van der Waals surface area contributed by atoms with E-state index in [1.807, 2.05) is 7.05 Å². The minimum absolute atomic E-state index is 0. The Kier molecular flexibility index (Phi) is 11.7. The monoisotopic (exact) mass is 382 g/mol. The normalized spacial score (nSPS) is 18.6. The van der Waals surface area contributed by atoms with Gasteiger partial charge in [-0.05, 0) is 38.3 Å². The number of piperidine rings is 1. The molecule has 1 fully saturated rings. The Bertz CT molecular complexity index is 240. The van der Waals surface area contributed by atoms with Crippen LogP contribution < -0.4 is 10.6 Å². The second kappa shape index (κ2) is 11.8. The number of nitrogens with one attached hydrogen (secondary N) is 2. The molecule has 2 N–H and O–H groups in total. The summed E-state index contributed by atoms with van der Waals surface area (Å²) in [5.41, 5.74) is 0.